The van der Waals surface area contributed by atoms with Crippen LogP contribution in [0.25, 0.3) is 0 Å². The van der Waals surface area contributed by atoms with Gasteiger partial charge in [-0.05, 0) is 50.3 Å². The molecule has 1 radical (unpaired) electrons. The minimum atomic E-state index is -0.575. The number of anilines is 1. The Labute approximate surface area is 146 Å². The van der Waals surface area contributed by atoms with E-state index in [2.05, 4.69) is 17.1 Å². The van der Waals surface area contributed by atoms with E-state index in [0.717, 1.165) is 19.3 Å². The molecule has 0 bridgehead atoms. The Morgan fingerprint density at radius 1 is 1.33 bits per heavy atom. The summed E-state index contributed by atoms with van der Waals surface area (Å²) in [6, 6.07) is 4.41. The third-order valence-electron chi connectivity index (χ3n) is 4.45. The van der Waals surface area contributed by atoms with Crippen LogP contribution in [0.3, 0.4) is 0 Å². The topological polar surface area (TPSA) is 53.6 Å². The quantitative estimate of drug-likeness (QED) is 0.818. The zero-order valence-corrected chi connectivity index (χ0v) is 14.2. The fourth-order valence-electron chi connectivity index (χ4n) is 3.16. The summed E-state index contributed by atoms with van der Waals surface area (Å²) in [5.41, 5.74) is 0.119. The van der Waals surface area contributed by atoms with Crippen molar-refractivity contribution < 1.29 is 13.9 Å². The average molecular weight is 355 g/mol. The van der Waals surface area contributed by atoms with Crippen molar-refractivity contribution in [2.24, 2.45) is 0 Å². The monoisotopic (exact) mass is 354 g/mol. The summed E-state index contributed by atoms with van der Waals surface area (Å²) < 4.78 is 18.7. The van der Waals surface area contributed by atoms with Crippen LogP contribution in [-0.2, 0) is 4.74 Å². The summed E-state index contributed by atoms with van der Waals surface area (Å²) >= 11 is 5.87. The first kappa shape index (κ1) is 17.3. The summed E-state index contributed by atoms with van der Waals surface area (Å²) in [6.07, 6.45) is 5.68. The first-order valence-electron chi connectivity index (χ1n) is 8.28. The Hall–Kier alpha value is -1.53. The van der Waals surface area contributed by atoms with Crippen molar-refractivity contribution in [3.63, 3.8) is 0 Å². The Morgan fingerprint density at radius 2 is 2.12 bits per heavy atom. The lowest BCUT2D eigenvalue weighted by Gasteiger charge is -2.41. The maximum absolute atomic E-state index is 13.4. The number of carbonyl (C=O) groups is 1. The van der Waals surface area contributed by atoms with Crippen molar-refractivity contribution >= 4 is 23.3 Å². The van der Waals surface area contributed by atoms with E-state index in [1.807, 2.05) is 0 Å². The summed E-state index contributed by atoms with van der Waals surface area (Å²) in [5, 5.41) is 6.56. The van der Waals surface area contributed by atoms with Gasteiger partial charge in [0.15, 0.2) is 0 Å². The minimum absolute atomic E-state index is 0.0643. The van der Waals surface area contributed by atoms with Crippen LogP contribution < -0.4 is 10.6 Å². The summed E-state index contributed by atoms with van der Waals surface area (Å²) in [7, 11) is 0. The molecule has 2 N–H and O–H groups in total. The van der Waals surface area contributed by atoms with E-state index in [1.54, 1.807) is 17.0 Å². The van der Waals surface area contributed by atoms with Crippen LogP contribution in [0.2, 0.25) is 5.02 Å². The van der Waals surface area contributed by atoms with Crippen LogP contribution >= 0.6 is 11.6 Å². The van der Waals surface area contributed by atoms with Gasteiger partial charge in [0.1, 0.15) is 11.5 Å². The molecular weight excluding hydrogens is 333 g/mol. The molecule has 0 spiro atoms. The van der Waals surface area contributed by atoms with Gasteiger partial charge in [0, 0.05) is 18.8 Å². The van der Waals surface area contributed by atoms with Crippen LogP contribution in [0, 0.1) is 12.2 Å². The van der Waals surface area contributed by atoms with Gasteiger partial charge in [0.25, 0.3) is 0 Å². The van der Waals surface area contributed by atoms with Crippen LogP contribution in [0.15, 0.2) is 18.2 Å². The Kier molecular flexibility index (Phi) is 5.46. The molecule has 131 valence electrons. The number of benzene rings is 1. The molecule has 1 saturated carbocycles. The molecule has 1 unspecified atom stereocenters. The van der Waals surface area contributed by atoms with Gasteiger partial charge in [-0.15, -0.1) is 0 Å². The van der Waals surface area contributed by atoms with Crippen molar-refractivity contribution in [3.8, 4) is 0 Å². The number of nitrogens with zero attached hydrogens (tertiary/aromatic N) is 1. The van der Waals surface area contributed by atoms with E-state index in [4.69, 9.17) is 16.3 Å². The summed E-state index contributed by atoms with van der Waals surface area (Å²) in [6.45, 7) is 2.31. The first-order chi connectivity index (χ1) is 11.6. The maximum atomic E-state index is 13.4. The predicted molar refractivity (Wildman–Crippen MR) is 91.5 cm³/mol. The molecule has 2 fully saturated rings. The second-order valence-corrected chi connectivity index (χ2v) is 6.66. The molecular formula is C17H22ClFN3O2. The molecule has 7 heteroatoms. The minimum Gasteiger partial charge on any atom is -0.378 e. The summed E-state index contributed by atoms with van der Waals surface area (Å²) in [4.78, 5) is 14.4. The van der Waals surface area contributed by atoms with Crippen molar-refractivity contribution in [3.05, 3.63) is 35.5 Å². The Morgan fingerprint density at radius 3 is 2.79 bits per heavy atom. The van der Waals surface area contributed by atoms with Gasteiger partial charge in [-0.25, -0.2) is 9.18 Å². The van der Waals surface area contributed by atoms with E-state index in [0.29, 0.717) is 38.4 Å². The number of morpholine rings is 1. The van der Waals surface area contributed by atoms with Crippen LogP contribution in [0.5, 0.6) is 0 Å². The van der Waals surface area contributed by atoms with Gasteiger partial charge in [-0.3, -0.25) is 0 Å². The number of ether oxygens (including phenoxy) is 1. The number of rotatable bonds is 3. The molecule has 1 atom stereocenters. The Balaban J connectivity index is 1.73. The molecule has 3 rings (SSSR count). The fourth-order valence-corrected chi connectivity index (χ4v) is 3.34. The Bertz CT molecular complexity index is 587. The summed E-state index contributed by atoms with van der Waals surface area (Å²) in [5.74, 6) is -0.455. The fraction of sp³-hybridized carbons (Fsp3) is 0.529. The first-order valence-corrected chi connectivity index (χ1v) is 8.66. The highest BCUT2D eigenvalue weighted by molar-refractivity contribution is 6.31. The van der Waals surface area contributed by atoms with E-state index in [-0.39, 0.29) is 11.1 Å². The van der Waals surface area contributed by atoms with Gasteiger partial charge >= 0.3 is 6.03 Å². The number of nitrogens with one attached hydrogen (secondary N) is 2. The number of hydrogen-bond acceptors (Lipinski definition) is 3. The van der Waals surface area contributed by atoms with Gasteiger partial charge < -0.3 is 20.3 Å². The molecule has 2 aliphatic rings. The standard InChI is InChI=1S/C17H22ClFN3O2/c18-14-12-13(4-5-15(14)19)20-17(6-2-1-3-7-17)21-16(23)22-8-10-24-11-9-22/h2,4-5,12,20H,1,3,6-11H2,(H,21,23). The number of amides is 2. The van der Waals surface area contributed by atoms with Crippen molar-refractivity contribution in [2.45, 2.75) is 31.3 Å². The zero-order chi connectivity index (χ0) is 17.0. The molecule has 2 amide bonds. The predicted octanol–water partition coefficient (Wildman–Crippen LogP) is 3.41. The molecule has 1 aliphatic heterocycles. The second-order valence-electron chi connectivity index (χ2n) is 6.25. The lowest BCUT2D eigenvalue weighted by Crippen LogP contribution is -2.60. The van der Waals surface area contributed by atoms with Crippen molar-refractivity contribution in [1.82, 2.24) is 10.2 Å². The largest absolute Gasteiger partial charge is 0.378 e. The maximum Gasteiger partial charge on any atom is 0.319 e. The van der Waals surface area contributed by atoms with E-state index in [9.17, 15) is 9.18 Å². The zero-order valence-electron chi connectivity index (χ0n) is 13.5. The third kappa shape index (κ3) is 4.11. The third-order valence-corrected chi connectivity index (χ3v) is 4.74. The van der Waals surface area contributed by atoms with Crippen LogP contribution in [0.4, 0.5) is 14.9 Å². The van der Waals surface area contributed by atoms with E-state index in [1.165, 1.54) is 6.07 Å². The van der Waals surface area contributed by atoms with Crippen LogP contribution in [-0.4, -0.2) is 42.9 Å². The number of urea groups is 1. The van der Waals surface area contributed by atoms with Crippen LogP contribution in [0.1, 0.15) is 25.7 Å². The second kappa shape index (κ2) is 7.57. The van der Waals surface area contributed by atoms with Gasteiger partial charge in [0.05, 0.1) is 18.2 Å². The van der Waals surface area contributed by atoms with E-state index >= 15 is 0 Å². The SMILES string of the molecule is O=C(NC1(Nc2ccc(F)c(Cl)c2)C[CH]CCC1)N1CCOCC1. The molecule has 1 aromatic rings. The van der Waals surface area contributed by atoms with Gasteiger partial charge in [0.2, 0.25) is 0 Å². The highest BCUT2D eigenvalue weighted by Gasteiger charge is 2.35. The molecule has 24 heavy (non-hydrogen) atoms. The molecule has 5 nitrogen and oxygen atoms in total. The molecule has 0 aromatic heterocycles. The average Bonchev–Trinajstić information content (AvgIpc) is 2.60. The smallest absolute Gasteiger partial charge is 0.319 e. The van der Waals surface area contributed by atoms with Crippen molar-refractivity contribution in [1.29, 1.82) is 0 Å². The van der Waals surface area contributed by atoms with Gasteiger partial charge in [-0.2, -0.15) is 0 Å². The number of carbonyl (C=O) groups excluding carboxylic acids is 1. The molecule has 1 aliphatic carbocycles. The highest BCUT2D eigenvalue weighted by atomic mass is 35.5. The normalized spacial score (nSPS) is 20.5. The lowest BCUT2D eigenvalue weighted by molar-refractivity contribution is 0.0508. The van der Waals surface area contributed by atoms with Crippen molar-refractivity contribution in [2.75, 3.05) is 31.6 Å². The number of halogens is 2. The number of hydrogen-bond donors (Lipinski definition) is 2. The molecule has 1 heterocycles. The molecule has 1 aromatic carbocycles. The van der Waals surface area contributed by atoms with Gasteiger partial charge in [-0.1, -0.05) is 11.6 Å². The lowest BCUT2D eigenvalue weighted by atomic mass is 9.88. The van der Waals surface area contributed by atoms with E-state index < -0.39 is 11.5 Å². The molecule has 1 saturated heterocycles. The highest BCUT2D eigenvalue weighted by Crippen LogP contribution is 2.30.